The molecule has 0 bridgehead atoms. The number of quaternary nitrogens is 1. The summed E-state index contributed by atoms with van der Waals surface area (Å²) in [5.74, 6) is 0. The zero-order valence-electron chi connectivity index (χ0n) is 20.8. The van der Waals surface area contributed by atoms with Crippen molar-refractivity contribution in [3.05, 3.63) is 0 Å². The summed E-state index contributed by atoms with van der Waals surface area (Å²) in [6.45, 7) is 10.6. The van der Waals surface area contributed by atoms with Gasteiger partial charge >= 0.3 is 0 Å². The minimum Gasteiger partial charge on any atom is -0.324 e. The Morgan fingerprint density at radius 3 is 1.03 bits per heavy atom. The molecule has 0 radical (unpaired) electrons. The molecule has 1 rings (SSSR count). The zero-order chi connectivity index (χ0) is 20.9. The van der Waals surface area contributed by atoms with E-state index in [9.17, 15) is 0 Å². The largest absolute Gasteiger partial charge is 0.324 e. The van der Waals surface area contributed by atoms with Gasteiger partial charge in [-0.25, -0.2) is 0 Å². The molecule has 0 aromatic heterocycles. The molecule has 0 unspecified atom stereocenters. The number of nitrogens with zero attached hydrogens (tertiary/aromatic N) is 1. The van der Waals surface area contributed by atoms with E-state index in [0.717, 1.165) is 0 Å². The van der Waals surface area contributed by atoms with Crippen molar-refractivity contribution in [2.75, 3.05) is 26.2 Å². The molecule has 0 aliphatic carbocycles. The van der Waals surface area contributed by atoms with Crippen LogP contribution in [0.4, 0.5) is 0 Å². The van der Waals surface area contributed by atoms with Crippen LogP contribution in [-0.4, -0.2) is 30.7 Å². The number of rotatable bonds is 22. The van der Waals surface area contributed by atoms with Gasteiger partial charge < -0.3 is 4.48 Å². The van der Waals surface area contributed by atoms with Gasteiger partial charge in [-0.2, -0.15) is 0 Å². The molecule has 0 atom stereocenters. The summed E-state index contributed by atoms with van der Waals surface area (Å²) in [5, 5.41) is 0. The molecule has 0 saturated carbocycles. The van der Waals surface area contributed by atoms with Crippen LogP contribution >= 0.6 is 0 Å². The predicted molar refractivity (Wildman–Crippen MR) is 133 cm³/mol. The van der Waals surface area contributed by atoms with Crippen LogP contribution in [0.1, 0.15) is 155 Å². The van der Waals surface area contributed by atoms with E-state index in [4.69, 9.17) is 0 Å². The van der Waals surface area contributed by atoms with E-state index in [0.29, 0.717) is 0 Å². The van der Waals surface area contributed by atoms with Crippen LogP contribution in [0.3, 0.4) is 0 Å². The average molecular weight is 409 g/mol. The fraction of sp³-hybridized carbons (Fsp3) is 1.00. The number of hydrogen-bond acceptors (Lipinski definition) is 0. The van der Waals surface area contributed by atoms with Crippen molar-refractivity contribution in [3.8, 4) is 0 Å². The molecule has 1 aliphatic rings. The molecule has 1 heterocycles. The SMILES string of the molecule is CCCCCCCCCCCCCCCCCCC[N+]1(CCCCC)CCCC1. The first-order valence-electron chi connectivity index (χ1n) is 14.2. The maximum atomic E-state index is 2.34. The molecule has 1 aliphatic heterocycles. The zero-order valence-corrected chi connectivity index (χ0v) is 20.8. The fourth-order valence-corrected chi connectivity index (χ4v) is 5.43. The second-order valence-corrected chi connectivity index (χ2v) is 10.3. The van der Waals surface area contributed by atoms with Crippen molar-refractivity contribution in [1.29, 1.82) is 0 Å². The molecule has 0 amide bonds. The normalized spacial score (nSPS) is 15.9. The summed E-state index contributed by atoms with van der Waals surface area (Å²) in [6, 6.07) is 0. The molecular formula is C28H58N+. The highest BCUT2D eigenvalue weighted by Gasteiger charge is 2.30. The lowest BCUT2D eigenvalue weighted by atomic mass is 10.0. The van der Waals surface area contributed by atoms with Crippen LogP contribution in [0.15, 0.2) is 0 Å². The Hall–Kier alpha value is -0.0400. The molecule has 29 heavy (non-hydrogen) atoms. The highest BCUT2D eigenvalue weighted by molar-refractivity contribution is 4.57. The van der Waals surface area contributed by atoms with Crippen LogP contribution in [0.2, 0.25) is 0 Å². The topological polar surface area (TPSA) is 0 Å². The van der Waals surface area contributed by atoms with Gasteiger partial charge in [-0.1, -0.05) is 117 Å². The maximum absolute atomic E-state index is 2.34. The first-order valence-corrected chi connectivity index (χ1v) is 14.2. The molecule has 174 valence electrons. The van der Waals surface area contributed by atoms with Gasteiger partial charge in [0.25, 0.3) is 0 Å². The van der Waals surface area contributed by atoms with Crippen molar-refractivity contribution in [1.82, 2.24) is 0 Å². The Bertz CT molecular complexity index is 318. The summed E-state index contributed by atoms with van der Waals surface area (Å²) >= 11 is 0. The summed E-state index contributed by atoms with van der Waals surface area (Å²) in [4.78, 5) is 0. The standard InChI is InChI=1S/C28H58N/c1-3-5-7-8-9-10-11-12-13-14-15-16-17-18-19-20-22-26-29(25-21-6-4-2)27-23-24-28-29/h3-28H2,1-2H3/q+1. The summed E-state index contributed by atoms with van der Waals surface area (Å²) in [6.07, 6.45) is 32.4. The van der Waals surface area contributed by atoms with E-state index in [2.05, 4.69) is 13.8 Å². The van der Waals surface area contributed by atoms with Gasteiger partial charge in [0.05, 0.1) is 26.2 Å². The minimum absolute atomic E-state index is 1.37. The number of unbranched alkanes of at least 4 members (excludes halogenated alkanes) is 18. The van der Waals surface area contributed by atoms with Gasteiger partial charge in [0, 0.05) is 12.8 Å². The van der Waals surface area contributed by atoms with Crippen LogP contribution in [0.5, 0.6) is 0 Å². The molecule has 0 aromatic rings. The van der Waals surface area contributed by atoms with Crippen LogP contribution in [0, 0.1) is 0 Å². The van der Waals surface area contributed by atoms with Gasteiger partial charge in [-0.3, -0.25) is 0 Å². The van der Waals surface area contributed by atoms with E-state index in [1.54, 1.807) is 0 Å². The van der Waals surface area contributed by atoms with Crippen molar-refractivity contribution in [2.24, 2.45) is 0 Å². The monoisotopic (exact) mass is 408 g/mol. The second kappa shape index (κ2) is 19.9. The molecule has 1 fully saturated rings. The van der Waals surface area contributed by atoms with E-state index < -0.39 is 0 Å². The van der Waals surface area contributed by atoms with Crippen molar-refractivity contribution >= 4 is 0 Å². The van der Waals surface area contributed by atoms with Crippen molar-refractivity contribution in [3.63, 3.8) is 0 Å². The molecule has 0 spiro atoms. The van der Waals surface area contributed by atoms with Crippen LogP contribution in [0.25, 0.3) is 0 Å². The molecule has 1 heteroatoms. The fourth-order valence-electron chi connectivity index (χ4n) is 5.43. The smallest absolute Gasteiger partial charge is 0.0788 e. The van der Waals surface area contributed by atoms with Crippen LogP contribution in [-0.2, 0) is 0 Å². The highest BCUT2D eigenvalue weighted by Crippen LogP contribution is 2.23. The number of likely N-dealkylation sites (tertiary alicyclic amines) is 1. The molecule has 1 saturated heterocycles. The Labute approximate surface area is 186 Å². The summed E-state index contributed by atoms with van der Waals surface area (Å²) in [5.41, 5.74) is 0. The van der Waals surface area contributed by atoms with Gasteiger partial charge in [0.1, 0.15) is 0 Å². The van der Waals surface area contributed by atoms with Crippen molar-refractivity contribution < 1.29 is 4.48 Å². The number of hydrogen-bond donors (Lipinski definition) is 0. The molecule has 1 nitrogen and oxygen atoms in total. The first-order chi connectivity index (χ1) is 14.3. The van der Waals surface area contributed by atoms with E-state index in [1.165, 1.54) is 172 Å². The third-order valence-corrected chi connectivity index (χ3v) is 7.49. The second-order valence-electron chi connectivity index (χ2n) is 10.3. The Morgan fingerprint density at radius 1 is 0.379 bits per heavy atom. The van der Waals surface area contributed by atoms with E-state index in [1.807, 2.05) is 0 Å². The lowest BCUT2D eigenvalue weighted by molar-refractivity contribution is -0.917. The van der Waals surface area contributed by atoms with E-state index in [-0.39, 0.29) is 0 Å². The third kappa shape index (κ3) is 15.4. The average Bonchev–Trinajstić information content (AvgIpc) is 3.19. The molecule has 0 N–H and O–H groups in total. The van der Waals surface area contributed by atoms with Gasteiger partial charge in [-0.05, 0) is 25.7 Å². The molecule has 0 aromatic carbocycles. The maximum Gasteiger partial charge on any atom is 0.0788 e. The lowest BCUT2D eigenvalue weighted by Gasteiger charge is -2.34. The van der Waals surface area contributed by atoms with Gasteiger partial charge in [0.2, 0.25) is 0 Å². The van der Waals surface area contributed by atoms with E-state index >= 15 is 0 Å². The summed E-state index contributed by atoms with van der Waals surface area (Å²) in [7, 11) is 0. The van der Waals surface area contributed by atoms with Gasteiger partial charge in [0.15, 0.2) is 0 Å². The van der Waals surface area contributed by atoms with Crippen LogP contribution < -0.4 is 0 Å². The predicted octanol–water partition coefficient (Wildman–Crippen LogP) is 9.44. The van der Waals surface area contributed by atoms with Gasteiger partial charge in [-0.15, -0.1) is 0 Å². The quantitative estimate of drug-likeness (QED) is 0.124. The Morgan fingerprint density at radius 2 is 0.655 bits per heavy atom. The Balaban J connectivity index is 1.80. The van der Waals surface area contributed by atoms with Crippen molar-refractivity contribution in [2.45, 2.75) is 155 Å². The lowest BCUT2D eigenvalue weighted by Crippen LogP contribution is -2.46. The third-order valence-electron chi connectivity index (χ3n) is 7.49. The highest BCUT2D eigenvalue weighted by atomic mass is 15.4. The Kier molecular flexibility index (Phi) is 18.5. The molecular weight excluding hydrogens is 350 g/mol. The minimum atomic E-state index is 1.37. The first kappa shape index (κ1) is 27.0. The summed E-state index contributed by atoms with van der Waals surface area (Å²) < 4.78 is 1.48.